The number of anilines is 1. The van der Waals surface area contributed by atoms with E-state index >= 15 is 0 Å². The monoisotopic (exact) mass is 219 g/mol. The molecule has 0 aromatic carbocycles. The number of H-pyrrole nitrogens is 1. The van der Waals surface area contributed by atoms with Gasteiger partial charge in [0, 0.05) is 23.1 Å². The van der Waals surface area contributed by atoms with Crippen LogP contribution in [-0.2, 0) is 10.2 Å². The largest absolute Gasteiger partial charge is 0.309 e. The van der Waals surface area contributed by atoms with Crippen LogP contribution in [0.25, 0.3) is 0 Å². The lowest BCUT2D eigenvalue weighted by Gasteiger charge is -2.39. The molecule has 1 saturated carbocycles. The van der Waals surface area contributed by atoms with E-state index in [4.69, 9.17) is 0 Å². The van der Waals surface area contributed by atoms with E-state index < -0.39 is 0 Å². The molecule has 86 valence electrons. The molecule has 2 N–H and O–H groups in total. The zero-order valence-corrected chi connectivity index (χ0v) is 9.60. The molecule has 1 aliphatic carbocycles. The third-order valence-corrected chi connectivity index (χ3v) is 4.04. The van der Waals surface area contributed by atoms with Gasteiger partial charge in [0.25, 0.3) is 0 Å². The summed E-state index contributed by atoms with van der Waals surface area (Å²) in [6.45, 7) is 2.06. The second-order valence-corrected chi connectivity index (χ2v) is 5.14. The predicted molar refractivity (Wildman–Crippen MR) is 61.3 cm³/mol. The molecule has 0 unspecified atom stereocenters. The lowest BCUT2D eigenvalue weighted by atomic mass is 9.66. The molecule has 1 aromatic rings. The molecule has 4 nitrogen and oxygen atoms in total. The number of nitrogens with one attached hydrogen (secondary N) is 2. The summed E-state index contributed by atoms with van der Waals surface area (Å²) in [4.78, 5) is 11.7. The van der Waals surface area contributed by atoms with Gasteiger partial charge in [0.15, 0.2) is 5.82 Å². The molecule has 1 aliphatic heterocycles. The smallest absolute Gasteiger partial charge is 0.226 e. The molecule has 0 atom stereocenters. The maximum atomic E-state index is 11.7. The van der Waals surface area contributed by atoms with Crippen LogP contribution in [0, 0.1) is 6.92 Å². The van der Waals surface area contributed by atoms with Gasteiger partial charge in [-0.05, 0) is 19.8 Å². The van der Waals surface area contributed by atoms with Gasteiger partial charge in [0.05, 0.1) is 0 Å². The summed E-state index contributed by atoms with van der Waals surface area (Å²) in [5.41, 5.74) is 2.47. The van der Waals surface area contributed by atoms with Crippen molar-refractivity contribution in [3.05, 3.63) is 11.3 Å². The summed E-state index contributed by atoms with van der Waals surface area (Å²) < 4.78 is 0. The van der Waals surface area contributed by atoms with Crippen LogP contribution in [0.1, 0.15) is 49.8 Å². The molecule has 0 saturated heterocycles. The van der Waals surface area contributed by atoms with Crippen molar-refractivity contribution in [1.29, 1.82) is 0 Å². The van der Waals surface area contributed by atoms with Gasteiger partial charge in [-0.25, -0.2) is 0 Å². The van der Waals surface area contributed by atoms with Crippen molar-refractivity contribution in [3.63, 3.8) is 0 Å². The van der Waals surface area contributed by atoms with E-state index in [0.717, 1.165) is 24.4 Å². The van der Waals surface area contributed by atoms with Crippen molar-refractivity contribution in [2.45, 2.75) is 50.9 Å². The highest BCUT2D eigenvalue weighted by Gasteiger charge is 2.43. The molecular formula is C12H17N3O. The summed E-state index contributed by atoms with van der Waals surface area (Å²) in [7, 11) is 0. The average molecular weight is 219 g/mol. The van der Waals surface area contributed by atoms with Crippen molar-refractivity contribution in [3.8, 4) is 0 Å². The normalized spacial score (nSPS) is 22.9. The first-order valence-corrected chi connectivity index (χ1v) is 6.07. The Balaban J connectivity index is 2.11. The van der Waals surface area contributed by atoms with Crippen molar-refractivity contribution < 1.29 is 4.79 Å². The Labute approximate surface area is 94.8 Å². The third-order valence-electron chi connectivity index (χ3n) is 4.04. The fourth-order valence-corrected chi connectivity index (χ4v) is 3.40. The standard InChI is InChI=1S/C12H17N3O/c1-8-10-11(15-14-8)13-9(16)7-12(10)5-3-2-4-6-12/h2-7H2,1H3,(H2,13,14,15,16). The van der Waals surface area contributed by atoms with Crippen LogP contribution >= 0.6 is 0 Å². The van der Waals surface area contributed by atoms with Crippen LogP contribution in [0.3, 0.4) is 0 Å². The summed E-state index contributed by atoms with van der Waals surface area (Å²) in [6.07, 6.45) is 6.67. The molecule has 3 rings (SSSR count). The summed E-state index contributed by atoms with van der Waals surface area (Å²) >= 11 is 0. The Morgan fingerprint density at radius 2 is 2.00 bits per heavy atom. The van der Waals surface area contributed by atoms with E-state index in [9.17, 15) is 4.79 Å². The van der Waals surface area contributed by atoms with E-state index in [0.29, 0.717) is 6.42 Å². The summed E-state index contributed by atoms with van der Waals surface area (Å²) in [5, 5.41) is 10.1. The van der Waals surface area contributed by atoms with E-state index in [-0.39, 0.29) is 11.3 Å². The minimum Gasteiger partial charge on any atom is -0.309 e. The van der Waals surface area contributed by atoms with Gasteiger partial charge in [-0.3, -0.25) is 9.89 Å². The van der Waals surface area contributed by atoms with E-state index in [1.165, 1.54) is 24.8 Å². The zero-order valence-electron chi connectivity index (χ0n) is 9.60. The molecule has 0 bridgehead atoms. The molecule has 1 amide bonds. The first-order valence-electron chi connectivity index (χ1n) is 6.07. The van der Waals surface area contributed by atoms with Crippen molar-refractivity contribution in [1.82, 2.24) is 10.2 Å². The average Bonchev–Trinajstić information content (AvgIpc) is 2.61. The van der Waals surface area contributed by atoms with Crippen molar-refractivity contribution >= 4 is 11.7 Å². The van der Waals surface area contributed by atoms with Crippen LogP contribution in [0.2, 0.25) is 0 Å². The minimum atomic E-state index is 0.0764. The number of carbonyl (C=O) groups is 1. The topological polar surface area (TPSA) is 57.8 Å². The van der Waals surface area contributed by atoms with E-state index in [1.807, 2.05) is 0 Å². The van der Waals surface area contributed by atoms with E-state index in [2.05, 4.69) is 22.4 Å². The van der Waals surface area contributed by atoms with Gasteiger partial charge >= 0.3 is 0 Å². The van der Waals surface area contributed by atoms with Gasteiger partial charge in [-0.15, -0.1) is 0 Å². The molecular weight excluding hydrogens is 202 g/mol. The number of fused-ring (bicyclic) bond motifs is 2. The van der Waals surface area contributed by atoms with Gasteiger partial charge in [0.1, 0.15) is 0 Å². The maximum Gasteiger partial charge on any atom is 0.226 e. The number of aromatic nitrogens is 2. The molecule has 2 heterocycles. The highest BCUT2D eigenvalue weighted by atomic mass is 16.1. The summed E-state index contributed by atoms with van der Waals surface area (Å²) in [6, 6.07) is 0. The van der Waals surface area contributed by atoms with Crippen LogP contribution in [-0.4, -0.2) is 16.1 Å². The van der Waals surface area contributed by atoms with Crippen molar-refractivity contribution in [2.24, 2.45) is 0 Å². The number of amides is 1. The first kappa shape index (κ1) is 9.87. The predicted octanol–water partition coefficient (Wildman–Crippen LogP) is 2.26. The fourth-order valence-electron chi connectivity index (χ4n) is 3.40. The number of aryl methyl sites for hydroxylation is 1. The van der Waals surface area contributed by atoms with Gasteiger partial charge in [-0.2, -0.15) is 5.10 Å². The molecule has 16 heavy (non-hydrogen) atoms. The minimum absolute atomic E-state index is 0.0764. The highest BCUT2D eigenvalue weighted by Crippen LogP contribution is 2.47. The Bertz CT molecular complexity index is 429. The quantitative estimate of drug-likeness (QED) is 0.703. The van der Waals surface area contributed by atoms with E-state index in [1.54, 1.807) is 0 Å². The van der Waals surface area contributed by atoms with Crippen molar-refractivity contribution in [2.75, 3.05) is 5.32 Å². The highest BCUT2D eigenvalue weighted by molar-refractivity contribution is 5.94. The molecule has 4 heteroatoms. The van der Waals surface area contributed by atoms with Crippen LogP contribution in [0.4, 0.5) is 5.82 Å². The lowest BCUT2D eigenvalue weighted by molar-refractivity contribution is -0.118. The maximum absolute atomic E-state index is 11.7. The van der Waals surface area contributed by atoms with Gasteiger partial charge in [-0.1, -0.05) is 19.3 Å². The fraction of sp³-hybridized carbons (Fsp3) is 0.667. The molecule has 1 aromatic heterocycles. The van der Waals surface area contributed by atoms with Gasteiger partial charge < -0.3 is 5.32 Å². The molecule has 1 fully saturated rings. The number of hydrogen-bond acceptors (Lipinski definition) is 2. The Hall–Kier alpha value is -1.32. The second kappa shape index (κ2) is 3.34. The van der Waals surface area contributed by atoms with Crippen LogP contribution < -0.4 is 5.32 Å². The molecule has 1 spiro atoms. The van der Waals surface area contributed by atoms with Crippen LogP contribution in [0.15, 0.2) is 0 Å². The number of nitrogens with zero attached hydrogens (tertiary/aromatic N) is 1. The lowest BCUT2D eigenvalue weighted by Crippen LogP contribution is -2.38. The number of hydrogen-bond donors (Lipinski definition) is 2. The Morgan fingerprint density at radius 3 is 2.75 bits per heavy atom. The molecule has 0 radical (unpaired) electrons. The Morgan fingerprint density at radius 1 is 1.25 bits per heavy atom. The number of carbonyl (C=O) groups excluding carboxylic acids is 1. The Kier molecular flexibility index (Phi) is 2.06. The zero-order chi connectivity index (χ0) is 11.2. The van der Waals surface area contributed by atoms with Gasteiger partial charge in [0.2, 0.25) is 5.91 Å². The van der Waals surface area contributed by atoms with Crippen LogP contribution in [0.5, 0.6) is 0 Å². The molecule has 2 aliphatic rings. The third kappa shape index (κ3) is 1.29. The first-order chi connectivity index (χ1) is 7.71. The SMILES string of the molecule is Cc1[nH]nc2c1C1(CCCCC1)CC(=O)N2. The summed E-state index contributed by atoms with van der Waals surface area (Å²) in [5.74, 6) is 0.900. The number of aromatic amines is 1. The second-order valence-electron chi connectivity index (χ2n) is 5.14. The number of rotatable bonds is 0.